The van der Waals surface area contributed by atoms with Gasteiger partial charge in [0.2, 0.25) is 0 Å². The number of hydrogen-bond acceptors (Lipinski definition) is 2. The first-order valence-corrected chi connectivity index (χ1v) is 7.36. The van der Waals surface area contributed by atoms with E-state index in [-0.39, 0.29) is 23.9 Å². The summed E-state index contributed by atoms with van der Waals surface area (Å²) in [6.45, 7) is 4.48. The summed E-state index contributed by atoms with van der Waals surface area (Å²) in [4.78, 5) is 11.6. The van der Waals surface area contributed by atoms with E-state index < -0.39 is 5.97 Å². The van der Waals surface area contributed by atoms with E-state index in [1.165, 1.54) is 12.8 Å². The number of rotatable bonds is 3. The van der Waals surface area contributed by atoms with Crippen LogP contribution < -0.4 is 0 Å². The molecule has 3 aliphatic carbocycles. The van der Waals surface area contributed by atoms with Crippen molar-refractivity contribution in [2.45, 2.75) is 39.5 Å². The predicted octanol–water partition coefficient (Wildman–Crippen LogP) is 2.39. The first-order valence-electron chi connectivity index (χ1n) is 7.36. The lowest BCUT2D eigenvalue weighted by molar-refractivity contribution is -0.162. The Labute approximate surface area is 109 Å². The normalized spacial score (nSPS) is 53.7. The Morgan fingerprint density at radius 1 is 1.39 bits per heavy atom. The van der Waals surface area contributed by atoms with Crippen molar-refractivity contribution in [3.8, 4) is 0 Å². The number of aliphatic carboxylic acids is 1. The summed E-state index contributed by atoms with van der Waals surface area (Å²) in [7, 11) is 0. The standard InChI is InChI=1S/C15H24O3/c1-3-10-8-5-12-11(10)4-9(7-16)13(14(17)18)15(12,2)6-8/h8-13,16H,3-7H2,1-2H3,(H,17,18). The molecular weight excluding hydrogens is 228 g/mol. The van der Waals surface area contributed by atoms with Gasteiger partial charge in [-0.15, -0.1) is 0 Å². The predicted molar refractivity (Wildman–Crippen MR) is 67.9 cm³/mol. The number of carboxylic acid groups (broad SMARTS) is 1. The summed E-state index contributed by atoms with van der Waals surface area (Å²) in [5.41, 5.74) is -0.0571. The van der Waals surface area contributed by atoms with Crippen molar-refractivity contribution in [2.24, 2.45) is 40.9 Å². The van der Waals surface area contributed by atoms with Crippen LogP contribution in [-0.2, 0) is 4.79 Å². The van der Waals surface area contributed by atoms with Crippen LogP contribution in [0.2, 0.25) is 0 Å². The van der Waals surface area contributed by atoms with Gasteiger partial charge in [0.05, 0.1) is 5.92 Å². The zero-order valence-corrected chi connectivity index (χ0v) is 11.3. The largest absolute Gasteiger partial charge is 0.481 e. The molecule has 0 heterocycles. The third-order valence-corrected chi connectivity index (χ3v) is 6.51. The third-order valence-electron chi connectivity index (χ3n) is 6.51. The topological polar surface area (TPSA) is 57.5 Å². The number of hydrogen-bond donors (Lipinski definition) is 2. The molecule has 3 rings (SSSR count). The van der Waals surface area contributed by atoms with Gasteiger partial charge in [-0.25, -0.2) is 0 Å². The molecule has 3 saturated carbocycles. The highest BCUT2D eigenvalue weighted by atomic mass is 16.4. The highest BCUT2D eigenvalue weighted by molar-refractivity contribution is 5.72. The molecule has 102 valence electrons. The van der Waals surface area contributed by atoms with Crippen LogP contribution in [0.1, 0.15) is 39.5 Å². The van der Waals surface area contributed by atoms with Gasteiger partial charge in [0, 0.05) is 6.61 Å². The lowest BCUT2D eigenvalue weighted by Gasteiger charge is -2.53. The molecule has 0 aromatic rings. The van der Waals surface area contributed by atoms with Gasteiger partial charge < -0.3 is 10.2 Å². The molecule has 0 saturated heterocycles. The summed E-state index contributed by atoms with van der Waals surface area (Å²) < 4.78 is 0. The molecule has 0 radical (unpaired) electrons. The maximum absolute atomic E-state index is 11.6. The minimum absolute atomic E-state index is 0.0261. The lowest BCUT2D eigenvalue weighted by atomic mass is 9.51. The first-order chi connectivity index (χ1) is 8.52. The van der Waals surface area contributed by atoms with E-state index in [2.05, 4.69) is 13.8 Å². The number of fused-ring (bicyclic) bond motifs is 1. The molecule has 3 fully saturated rings. The van der Waals surface area contributed by atoms with E-state index in [9.17, 15) is 15.0 Å². The fourth-order valence-electron chi connectivity index (χ4n) is 6.05. The molecule has 18 heavy (non-hydrogen) atoms. The average Bonchev–Trinajstić information content (AvgIpc) is 2.81. The van der Waals surface area contributed by atoms with Crippen molar-refractivity contribution in [1.82, 2.24) is 0 Å². The van der Waals surface area contributed by atoms with Crippen LogP contribution in [0, 0.1) is 40.9 Å². The van der Waals surface area contributed by atoms with Gasteiger partial charge in [-0.05, 0) is 54.3 Å². The highest BCUT2D eigenvalue weighted by Gasteiger charge is 2.65. The van der Waals surface area contributed by atoms with Gasteiger partial charge in [-0.2, -0.15) is 0 Å². The average molecular weight is 252 g/mol. The molecule has 0 spiro atoms. The fourth-order valence-corrected chi connectivity index (χ4v) is 6.05. The number of aliphatic hydroxyl groups excluding tert-OH is 1. The van der Waals surface area contributed by atoms with Crippen molar-refractivity contribution in [2.75, 3.05) is 6.61 Å². The molecule has 0 aliphatic heterocycles. The first kappa shape index (κ1) is 12.5. The second-order valence-corrected chi connectivity index (χ2v) is 7.04. The van der Waals surface area contributed by atoms with Crippen molar-refractivity contribution >= 4 is 5.97 Å². The van der Waals surface area contributed by atoms with E-state index in [1.807, 2.05) is 0 Å². The second kappa shape index (κ2) is 3.96. The van der Waals surface area contributed by atoms with Crippen molar-refractivity contribution in [3.05, 3.63) is 0 Å². The molecule has 7 atom stereocenters. The molecule has 2 N–H and O–H groups in total. The molecule has 0 aromatic carbocycles. The van der Waals surface area contributed by atoms with Crippen LogP contribution in [-0.4, -0.2) is 22.8 Å². The van der Waals surface area contributed by atoms with Gasteiger partial charge in [-0.3, -0.25) is 4.79 Å². The Kier molecular flexibility index (Phi) is 2.74. The second-order valence-electron chi connectivity index (χ2n) is 7.04. The summed E-state index contributed by atoms with van der Waals surface area (Å²) in [5.74, 6) is 1.76. The van der Waals surface area contributed by atoms with Gasteiger partial charge in [0.1, 0.15) is 0 Å². The van der Waals surface area contributed by atoms with E-state index >= 15 is 0 Å². The molecule has 3 nitrogen and oxygen atoms in total. The Morgan fingerprint density at radius 3 is 2.67 bits per heavy atom. The fraction of sp³-hybridized carbons (Fsp3) is 0.933. The van der Waals surface area contributed by atoms with Crippen LogP contribution in [0.3, 0.4) is 0 Å². The van der Waals surface area contributed by atoms with Crippen LogP contribution in [0.25, 0.3) is 0 Å². The Morgan fingerprint density at radius 2 is 2.11 bits per heavy atom. The number of carbonyl (C=O) groups is 1. The van der Waals surface area contributed by atoms with Crippen molar-refractivity contribution in [1.29, 1.82) is 0 Å². The Balaban J connectivity index is 1.97. The van der Waals surface area contributed by atoms with Crippen LogP contribution in [0.5, 0.6) is 0 Å². The number of carboxylic acids is 1. The smallest absolute Gasteiger partial charge is 0.307 e. The summed E-state index contributed by atoms with van der Waals surface area (Å²) >= 11 is 0. The molecule has 0 amide bonds. The zero-order valence-electron chi connectivity index (χ0n) is 11.3. The molecular formula is C15H24O3. The van der Waals surface area contributed by atoms with E-state index in [0.717, 1.165) is 24.7 Å². The minimum Gasteiger partial charge on any atom is -0.481 e. The van der Waals surface area contributed by atoms with Gasteiger partial charge >= 0.3 is 5.97 Å². The summed E-state index contributed by atoms with van der Waals surface area (Å²) in [5, 5.41) is 19.1. The molecule has 3 aliphatic rings. The highest BCUT2D eigenvalue weighted by Crippen LogP contribution is 2.69. The maximum Gasteiger partial charge on any atom is 0.307 e. The van der Waals surface area contributed by atoms with E-state index in [1.54, 1.807) is 0 Å². The quantitative estimate of drug-likeness (QED) is 0.811. The minimum atomic E-state index is -0.685. The van der Waals surface area contributed by atoms with Gasteiger partial charge in [-0.1, -0.05) is 20.3 Å². The van der Waals surface area contributed by atoms with E-state index in [0.29, 0.717) is 11.8 Å². The Bertz CT molecular complexity index is 367. The maximum atomic E-state index is 11.6. The van der Waals surface area contributed by atoms with Crippen LogP contribution >= 0.6 is 0 Å². The van der Waals surface area contributed by atoms with E-state index in [4.69, 9.17) is 0 Å². The molecule has 7 unspecified atom stereocenters. The van der Waals surface area contributed by atoms with Gasteiger partial charge in [0.15, 0.2) is 0 Å². The lowest BCUT2D eigenvalue weighted by Crippen LogP contribution is -2.52. The van der Waals surface area contributed by atoms with Crippen LogP contribution in [0.4, 0.5) is 0 Å². The van der Waals surface area contributed by atoms with Crippen LogP contribution in [0.15, 0.2) is 0 Å². The Hall–Kier alpha value is -0.570. The molecule has 2 bridgehead atoms. The van der Waals surface area contributed by atoms with Crippen molar-refractivity contribution in [3.63, 3.8) is 0 Å². The summed E-state index contributed by atoms with van der Waals surface area (Å²) in [6.07, 6.45) is 4.46. The monoisotopic (exact) mass is 252 g/mol. The molecule has 3 heteroatoms. The molecule has 0 aromatic heterocycles. The zero-order chi connectivity index (χ0) is 13.1. The number of aliphatic hydroxyl groups is 1. The SMILES string of the molecule is CCC1C2CC3C1CC(CO)C(C(=O)O)C3(C)C2. The third kappa shape index (κ3) is 1.37. The summed E-state index contributed by atoms with van der Waals surface area (Å²) in [6, 6.07) is 0. The van der Waals surface area contributed by atoms with Gasteiger partial charge in [0.25, 0.3) is 0 Å². The van der Waals surface area contributed by atoms with Crippen molar-refractivity contribution < 1.29 is 15.0 Å².